The first-order valence-electron chi connectivity index (χ1n) is 8.39. The van der Waals surface area contributed by atoms with Gasteiger partial charge in [-0.15, -0.1) is 11.3 Å². The van der Waals surface area contributed by atoms with Crippen molar-refractivity contribution < 1.29 is 9.18 Å². The summed E-state index contributed by atoms with van der Waals surface area (Å²) in [6.45, 7) is 1.52. The molecule has 0 aliphatic carbocycles. The van der Waals surface area contributed by atoms with Crippen molar-refractivity contribution in [1.82, 2.24) is 4.90 Å². The fourth-order valence-electron chi connectivity index (χ4n) is 3.26. The molecule has 1 fully saturated rings. The third-order valence-electron chi connectivity index (χ3n) is 4.46. The predicted molar refractivity (Wildman–Crippen MR) is 96.9 cm³/mol. The lowest BCUT2D eigenvalue weighted by molar-refractivity contribution is -0.120. The Hall–Kier alpha value is -2.23. The predicted octanol–water partition coefficient (Wildman–Crippen LogP) is 3.97. The van der Waals surface area contributed by atoms with Crippen molar-refractivity contribution in [2.24, 2.45) is 0 Å². The number of nitrogens with zero attached hydrogens (tertiary/aromatic N) is 3. The van der Waals surface area contributed by atoms with Crippen LogP contribution in [0, 0.1) is 17.1 Å². The fourth-order valence-corrected chi connectivity index (χ4v) is 4.15. The molecule has 0 radical (unpaired) electrons. The van der Waals surface area contributed by atoms with Gasteiger partial charge in [0.1, 0.15) is 5.82 Å². The van der Waals surface area contributed by atoms with Gasteiger partial charge in [-0.3, -0.25) is 9.69 Å². The normalized spacial score (nSPS) is 17.4. The number of carbonyl (C=O) groups is 1. The summed E-state index contributed by atoms with van der Waals surface area (Å²) in [5.74, 6) is -0.390. The fraction of sp³-hybridized carbons (Fsp3) is 0.368. The van der Waals surface area contributed by atoms with Crippen molar-refractivity contribution in [2.45, 2.75) is 25.3 Å². The first-order valence-corrected chi connectivity index (χ1v) is 9.27. The van der Waals surface area contributed by atoms with Gasteiger partial charge in [-0.1, -0.05) is 6.07 Å². The Morgan fingerprint density at radius 1 is 1.36 bits per heavy atom. The van der Waals surface area contributed by atoms with E-state index in [1.165, 1.54) is 17.0 Å². The summed E-state index contributed by atoms with van der Waals surface area (Å²) in [5.41, 5.74) is 0.633. The molecule has 1 aromatic heterocycles. The molecule has 3 rings (SSSR count). The molecule has 6 heteroatoms. The Morgan fingerprint density at radius 3 is 2.84 bits per heavy atom. The third kappa shape index (κ3) is 4.25. The van der Waals surface area contributed by atoms with Gasteiger partial charge >= 0.3 is 0 Å². The summed E-state index contributed by atoms with van der Waals surface area (Å²) in [4.78, 5) is 18.0. The molecule has 2 heterocycles. The monoisotopic (exact) mass is 357 g/mol. The molecule has 1 aliphatic rings. The Labute approximate surface area is 151 Å². The zero-order valence-corrected chi connectivity index (χ0v) is 14.7. The molecule has 1 atom stereocenters. The van der Waals surface area contributed by atoms with Crippen LogP contribution in [0.25, 0.3) is 0 Å². The highest BCUT2D eigenvalue weighted by Gasteiger charge is 2.29. The number of thiophene rings is 1. The Bertz CT molecular complexity index is 739. The van der Waals surface area contributed by atoms with Gasteiger partial charge in [-0.05, 0) is 55.1 Å². The van der Waals surface area contributed by atoms with Gasteiger partial charge < -0.3 is 4.90 Å². The number of amides is 1. The van der Waals surface area contributed by atoms with E-state index in [0.717, 1.165) is 19.4 Å². The molecule has 1 amide bonds. The molecule has 4 nitrogen and oxygen atoms in total. The van der Waals surface area contributed by atoms with Crippen LogP contribution in [0.4, 0.5) is 10.1 Å². The molecule has 1 aliphatic heterocycles. The van der Waals surface area contributed by atoms with Gasteiger partial charge in [0.2, 0.25) is 5.91 Å². The second-order valence-corrected chi connectivity index (χ2v) is 7.05. The van der Waals surface area contributed by atoms with E-state index in [4.69, 9.17) is 5.26 Å². The molecular formula is C19H20FN3OS. The summed E-state index contributed by atoms with van der Waals surface area (Å²) in [6.07, 6.45) is 2.38. The van der Waals surface area contributed by atoms with Crippen molar-refractivity contribution in [1.29, 1.82) is 5.26 Å². The molecule has 1 aromatic carbocycles. The highest BCUT2D eigenvalue weighted by molar-refractivity contribution is 7.10. The average Bonchev–Trinajstić information content (AvgIpc) is 3.28. The number of likely N-dealkylation sites (tertiary alicyclic amines) is 1. The number of hydrogen-bond donors (Lipinski definition) is 0. The first-order chi connectivity index (χ1) is 12.2. The van der Waals surface area contributed by atoms with Crippen LogP contribution >= 0.6 is 11.3 Å². The van der Waals surface area contributed by atoms with E-state index in [0.29, 0.717) is 18.8 Å². The highest BCUT2D eigenvalue weighted by atomic mass is 32.1. The SMILES string of the molecule is N#CCCN(C(=O)CN1CCCC1c1cccs1)c1ccc(F)cc1. The molecule has 0 spiro atoms. The number of nitriles is 1. The molecule has 0 saturated carbocycles. The van der Waals surface area contributed by atoms with Gasteiger partial charge in [-0.25, -0.2) is 4.39 Å². The lowest BCUT2D eigenvalue weighted by Crippen LogP contribution is -2.40. The molecule has 2 aromatic rings. The zero-order chi connectivity index (χ0) is 17.6. The van der Waals surface area contributed by atoms with Crippen LogP contribution in [0.1, 0.15) is 30.2 Å². The standard InChI is InChI=1S/C19H20FN3OS/c20-15-6-8-16(9-7-15)23(12-3-10-21)19(24)14-22-11-1-4-17(22)18-5-2-13-25-18/h2,5-9,13,17H,1,3-4,11-12,14H2. The van der Waals surface area contributed by atoms with E-state index >= 15 is 0 Å². The van der Waals surface area contributed by atoms with Crippen molar-refractivity contribution in [3.8, 4) is 6.07 Å². The largest absolute Gasteiger partial charge is 0.310 e. The molecule has 25 heavy (non-hydrogen) atoms. The number of anilines is 1. The Balaban J connectivity index is 1.73. The maximum Gasteiger partial charge on any atom is 0.241 e. The van der Waals surface area contributed by atoms with Gasteiger partial charge in [0.05, 0.1) is 19.0 Å². The molecule has 1 saturated heterocycles. The number of benzene rings is 1. The second kappa shape index (κ2) is 8.24. The van der Waals surface area contributed by atoms with Gasteiger partial charge in [0.25, 0.3) is 0 Å². The number of carbonyl (C=O) groups excluding carboxylic acids is 1. The Morgan fingerprint density at radius 2 is 2.16 bits per heavy atom. The van der Waals surface area contributed by atoms with E-state index in [1.807, 2.05) is 6.07 Å². The minimum Gasteiger partial charge on any atom is -0.310 e. The van der Waals surface area contributed by atoms with Crippen LogP contribution in [0.3, 0.4) is 0 Å². The van der Waals surface area contributed by atoms with E-state index < -0.39 is 0 Å². The van der Waals surface area contributed by atoms with Crippen LogP contribution in [0.15, 0.2) is 41.8 Å². The van der Waals surface area contributed by atoms with E-state index in [9.17, 15) is 9.18 Å². The smallest absolute Gasteiger partial charge is 0.241 e. The van der Waals surface area contributed by atoms with Gasteiger partial charge in [0, 0.05) is 23.2 Å². The quantitative estimate of drug-likeness (QED) is 0.786. The molecule has 1 unspecified atom stereocenters. The van der Waals surface area contributed by atoms with Crippen LogP contribution in [0.2, 0.25) is 0 Å². The molecular weight excluding hydrogens is 337 g/mol. The van der Waals surface area contributed by atoms with Crippen LogP contribution < -0.4 is 4.90 Å². The summed E-state index contributed by atoms with van der Waals surface area (Å²) in [6, 6.07) is 12.4. The van der Waals surface area contributed by atoms with Crippen molar-refractivity contribution in [3.05, 3.63) is 52.5 Å². The molecule has 0 N–H and O–H groups in total. The van der Waals surface area contributed by atoms with Crippen molar-refractivity contribution >= 4 is 22.9 Å². The molecule has 0 bridgehead atoms. The van der Waals surface area contributed by atoms with Crippen LogP contribution in [-0.2, 0) is 4.79 Å². The maximum atomic E-state index is 13.2. The van der Waals surface area contributed by atoms with E-state index in [2.05, 4.69) is 22.4 Å². The topological polar surface area (TPSA) is 47.3 Å². The maximum absolute atomic E-state index is 13.2. The second-order valence-electron chi connectivity index (χ2n) is 6.07. The van der Waals surface area contributed by atoms with E-state index in [1.54, 1.807) is 28.4 Å². The summed E-state index contributed by atoms with van der Waals surface area (Å²) in [7, 11) is 0. The van der Waals surface area contributed by atoms with Crippen molar-refractivity contribution in [2.75, 3.05) is 24.5 Å². The van der Waals surface area contributed by atoms with Crippen molar-refractivity contribution in [3.63, 3.8) is 0 Å². The Kier molecular flexibility index (Phi) is 5.79. The molecule has 130 valence electrons. The van der Waals surface area contributed by atoms with E-state index in [-0.39, 0.29) is 24.2 Å². The van der Waals surface area contributed by atoms with Crippen LogP contribution in [0.5, 0.6) is 0 Å². The van der Waals surface area contributed by atoms with Crippen LogP contribution in [-0.4, -0.2) is 30.4 Å². The lowest BCUT2D eigenvalue weighted by atomic mass is 10.2. The van der Waals surface area contributed by atoms with Gasteiger partial charge in [-0.2, -0.15) is 5.26 Å². The number of rotatable bonds is 6. The summed E-state index contributed by atoms with van der Waals surface area (Å²) < 4.78 is 13.2. The highest BCUT2D eigenvalue weighted by Crippen LogP contribution is 2.34. The summed E-state index contributed by atoms with van der Waals surface area (Å²) >= 11 is 1.72. The average molecular weight is 357 g/mol. The number of hydrogen-bond acceptors (Lipinski definition) is 4. The summed E-state index contributed by atoms with van der Waals surface area (Å²) in [5, 5.41) is 10.9. The first kappa shape index (κ1) is 17.6. The minimum absolute atomic E-state index is 0.0506. The van der Waals surface area contributed by atoms with Gasteiger partial charge in [0.15, 0.2) is 0 Å². The third-order valence-corrected chi connectivity index (χ3v) is 5.43. The minimum atomic E-state index is -0.339. The number of halogens is 1. The zero-order valence-electron chi connectivity index (χ0n) is 13.9. The lowest BCUT2D eigenvalue weighted by Gasteiger charge is -2.28.